The number of nitrogens with two attached hydrogens (primary N) is 1. The summed E-state index contributed by atoms with van der Waals surface area (Å²) in [6, 6.07) is 5.35. The number of rotatable bonds is 5. The Bertz CT molecular complexity index is 523. The summed E-state index contributed by atoms with van der Waals surface area (Å²) in [7, 11) is 1.60. The fourth-order valence-corrected chi connectivity index (χ4v) is 1.70. The highest BCUT2D eigenvalue weighted by atomic mass is 16.5. The lowest BCUT2D eigenvalue weighted by Gasteiger charge is -2.11. The maximum atomic E-state index is 5.68. The summed E-state index contributed by atoms with van der Waals surface area (Å²) in [6.45, 7) is 3.26. The van der Waals surface area contributed by atoms with Gasteiger partial charge in [0.25, 0.3) is 0 Å². The smallest absolute Gasteiger partial charge is 0.162 e. The van der Waals surface area contributed by atoms with Crippen molar-refractivity contribution in [3.8, 4) is 11.5 Å². The van der Waals surface area contributed by atoms with Gasteiger partial charge in [0, 0.05) is 24.1 Å². The van der Waals surface area contributed by atoms with Crippen LogP contribution in [0.4, 0.5) is 5.69 Å². The first-order valence-electron chi connectivity index (χ1n) is 5.75. The third-order valence-corrected chi connectivity index (χ3v) is 2.70. The van der Waals surface area contributed by atoms with Crippen molar-refractivity contribution >= 4 is 5.69 Å². The van der Waals surface area contributed by atoms with E-state index in [-0.39, 0.29) is 0 Å². The third kappa shape index (κ3) is 2.74. The van der Waals surface area contributed by atoms with Crippen LogP contribution in [-0.4, -0.2) is 23.3 Å². The maximum absolute atomic E-state index is 5.68. The van der Waals surface area contributed by atoms with Gasteiger partial charge in [0.2, 0.25) is 0 Å². The number of anilines is 1. The molecule has 5 heteroatoms. The molecule has 0 unspecified atom stereocenters. The van der Waals surface area contributed by atoms with Gasteiger partial charge in [-0.1, -0.05) is 0 Å². The minimum atomic E-state index is 0.553. The topological polar surface area (TPSA) is 62.3 Å². The molecule has 0 fully saturated rings. The number of benzene rings is 1. The molecule has 2 N–H and O–H groups in total. The van der Waals surface area contributed by atoms with Gasteiger partial charge in [-0.05, 0) is 19.1 Å². The van der Waals surface area contributed by atoms with Crippen molar-refractivity contribution in [3.63, 3.8) is 0 Å². The van der Waals surface area contributed by atoms with Gasteiger partial charge >= 0.3 is 0 Å². The molecule has 1 aromatic carbocycles. The molecule has 2 rings (SSSR count). The first-order valence-corrected chi connectivity index (χ1v) is 5.75. The molecule has 1 aromatic heterocycles. The number of nitrogens with zero attached hydrogens (tertiary/aromatic N) is 2. The summed E-state index contributed by atoms with van der Waals surface area (Å²) in [5.74, 6) is 2.32. The Morgan fingerprint density at radius 3 is 2.83 bits per heavy atom. The van der Waals surface area contributed by atoms with Crippen molar-refractivity contribution in [2.75, 3.05) is 19.5 Å². The van der Waals surface area contributed by atoms with Gasteiger partial charge in [-0.2, -0.15) is 0 Å². The van der Waals surface area contributed by atoms with Crippen LogP contribution in [-0.2, 0) is 6.54 Å². The summed E-state index contributed by atoms with van der Waals surface area (Å²) < 4.78 is 12.9. The number of hydrogen-bond acceptors (Lipinski definition) is 4. The summed E-state index contributed by atoms with van der Waals surface area (Å²) in [6.07, 6.45) is 3.71. The molecule has 96 valence electrons. The Morgan fingerprint density at radius 1 is 1.33 bits per heavy atom. The third-order valence-electron chi connectivity index (χ3n) is 2.70. The predicted octanol–water partition coefficient (Wildman–Crippen LogP) is 1.86. The van der Waals surface area contributed by atoms with Gasteiger partial charge in [-0.15, -0.1) is 0 Å². The molecule has 2 aromatic rings. The van der Waals surface area contributed by atoms with Gasteiger partial charge in [-0.25, -0.2) is 4.98 Å². The van der Waals surface area contributed by atoms with E-state index in [1.807, 2.05) is 23.8 Å². The minimum Gasteiger partial charge on any atom is -0.493 e. The zero-order chi connectivity index (χ0) is 13.0. The van der Waals surface area contributed by atoms with Crippen LogP contribution in [0.3, 0.4) is 0 Å². The van der Waals surface area contributed by atoms with Crippen LogP contribution < -0.4 is 15.2 Å². The SMILES string of the molecule is COc1cc(N)ccc1OCCn1ccnc1C. The largest absolute Gasteiger partial charge is 0.493 e. The molecule has 0 amide bonds. The van der Waals surface area contributed by atoms with Gasteiger partial charge in [0.1, 0.15) is 12.4 Å². The molecule has 5 nitrogen and oxygen atoms in total. The van der Waals surface area contributed by atoms with Gasteiger partial charge in [0.05, 0.1) is 13.7 Å². The van der Waals surface area contributed by atoms with Gasteiger partial charge in [-0.3, -0.25) is 0 Å². The molecule has 0 atom stereocenters. The molecule has 0 radical (unpaired) electrons. The number of ether oxygens (including phenoxy) is 2. The lowest BCUT2D eigenvalue weighted by molar-refractivity contribution is 0.279. The molecule has 0 aliphatic carbocycles. The highest BCUT2D eigenvalue weighted by molar-refractivity contribution is 5.51. The second kappa shape index (κ2) is 5.44. The molecule has 1 heterocycles. The van der Waals surface area contributed by atoms with Crippen molar-refractivity contribution < 1.29 is 9.47 Å². The standard InChI is InChI=1S/C13H17N3O2/c1-10-15-5-6-16(10)7-8-18-12-4-3-11(14)9-13(12)17-2/h3-6,9H,7-8,14H2,1-2H3. The van der Waals surface area contributed by atoms with Crippen LogP contribution in [0.1, 0.15) is 5.82 Å². The summed E-state index contributed by atoms with van der Waals surface area (Å²) >= 11 is 0. The Labute approximate surface area is 106 Å². The zero-order valence-electron chi connectivity index (χ0n) is 10.6. The zero-order valence-corrected chi connectivity index (χ0v) is 10.6. The Kier molecular flexibility index (Phi) is 3.72. The number of nitrogen functional groups attached to an aromatic ring is 1. The quantitative estimate of drug-likeness (QED) is 0.819. The predicted molar refractivity (Wildman–Crippen MR) is 69.9 cm³/mol. The van der Waals surface area contributed by atoms with Gasteiger partial charge in [0.15, 0.2) is 11.5 Å². The molecule has 0 aliphatic heterocycles. The summed E-state index contributed by atoms with van der Waals surface area (Å²) in [4.78, 5) is 4.15. The number of imidazole rings is 1. The average molecular weight is 247 g/mol. The Morgan fingerprint density at radius 2 is 2.17 bits per heavy atom. The van der Waals surface area contributed by atoms with E-state index >= 15 is 0 Å². The van der Waals surface area contributed by atoms with E-state index in [4.69, 9.17) is 15.2 Å². The maximum Gasteiger partial charge on any atom is 0.162 e. The van der Waals surface area contributed by atoms with E-state index in [1.165, 1.54) is 0 Å². The number of methoxy groups -OCH3 is 1. The highest BCUT2D eigenvalue weighted by Crippen LogP contribution is 2.28. The van der Waals surface area contributed by atoms with Crippen LogP contribution >= 0.6 is 0 Å². The molecule has 0 saturated heterocycles. The van der Waals surface area contributed by atoms with Gasteiger partial charge < -0.3 is 19.8 Å². The van der Waals surface area contributed by atoms with Crippen LogP contribution in [0.2, 0.25) is 0 Å². The molecule has 0 spiro atoms. The van der Waals surface area contributed by atoms with Crippen molar-refractivity contribution in [1.29, 1.82) is 0 Å². The Hall–Kier alpha value is -2.17. The van der Waals surface area contributed by atoms with E-state index in [0.717, 1.165) is 12.4 Å². The van der Waals surface area contributed by atoms with E-state index in [2.05, 4.69) is 4.98 Å². The van der Waals surface area contributed by atoms with Crippen molar-refractivity contribution in [1.82, 2.24) is 9.55 Å². The van der Waals surface area contributed by atoms with Crippen LogP contribution in [0.25, 0.3) is 0 Å². The normalized spacial score (nSPS) is 10.3. The molecule has 0 saturated carbocycles. The lowest BCUT2D eigenvalue weighted by Crippen LogP contribution is -2.09. The molecule has 18 heavy (non-hydrogen) atoms. The number of hydrogen-bond donors (Lipinski definition) is 1. The monoisotopic (exact) mass is 247 g/mol. The fourth-order valence-electron chi connectivity index (χ4n) is 1.70. The summed E-state index contributed by atoms with van der Waals surface area (Å²) in [5.41, 5.74) is 6.34. The van der Waals surface area contributed by atoms with E-state index < -0.39 is 0 Å². The van der Waals surface area contributed by atoms with E-state index in [9.17, 15) is 0 Å². The average Bonchev–Trinajstić information content (AvgIpc) is 2.77. The number of aryl methyl sites for hydroxylation is 1. The summed E-state index contributed by atoms with van der Waals surface area (Å²) in [5, 5.41) is 0. The first kappa shape index (κ1) is 12.3. The van der Waals surface area contributed by atoms with Crippen LogP contribution in [0, 0.1) is 6.92 Å². The van der Waals surface area contributed by atoms with E-state index in [1.54, 1.807) is 25.4 Å². The van der Waals surface area contributed by atoms with E-state index in [0.29, 0.717) is 23.8 Å². The van der Waals surface area contributed by atoms with Crippen LogP contribution in [0.15, 0.2) is 30.6 Å². The minimum absolute atomic E-state index is 0.553. The second-order valence-electron chi connectivity index (χ2n) is 3.93. The van der Waals surface area contributed by atoms with Crippen molar-refractivity contribution in [3.05, 3.63) is 36.4 Å². The molecule has 0 aliphatic rings. The molecular weight excluding hydrogens is 230 g/mol. The lowest BCUT2D eigenvalue weighted by atomic mass is 10.3. The Balaban J connectivity index is 1.96. The first-order chi connectivity index (χ1) is 8.70. The van der Waals surface area contributed by atoms with Crippen molar-refractivity contribution in [2.24, 2.45) is 0 Å². The fraction of sp³-hybridized carbons (Fsp3) is 0.308. The van der Waals surface area contributed by atoms with Crippen LogP contribution in [0.5, 0.6) is 11.5 Å². The van der Waals surface area contributed by atoms with Crippen molar-refractivity contribution in [2.45, 2.75) is 13.5 Å². The molecular formula is C13H17N3O2. The molecule has 0 bridgehead atoms. The number of aromatic nitrogens is 2. The highest BCUT2D eigenvalue weighted by Gasteiger charge is 2.04. The second-order valence-corrected chi connectivity index (χ2v) is 3.93.